The highest BCUT2D eigenvalue weighted by atomic mass is 16.5. The number of hydrogen-bond acceptors (Lipinski definition) is 8. The van der Waals surface area contributed by atoms with Gasteiger partial charge in [0.1, 0.15) is 0 Å². The highest BCUT2D eigenvalue weighted by Gasteiger charge is 2.57. The number of morpholine rings is 1. The molecule has 54 heavy (non-hydrogen) atoms. The van der Waals surface area contributed by atoms with Crippen LogP contribution in [0.4, 0.5) is 0 Å². The van der Waals surface area contributed by atoms with Crippen molar-refractivity contribution in [2.75, 3.05) is 105 Å². The zero-order chi connectivity index (χ0) is 39.7. The van der Waals surface area contributed by atoms with Gasteiger partial charge in [-0.1, -0.05) is 27.2 Å². The van der Waals surface area contributed by atoms with Crippen molar-refractivity contribution in [1.82, 2.24) is 29.8 Å². The Labute approximate surface area is 336 Å². The highest BCUT2D eigenvalue weighted by molar-refractivity contribution is 5.08. The minimum atomic E-state index is 0.567. The lowest BCUT2D eigenvalue weighted by Crippen LogP contribution is -2.67. The van der Waals surface area contributed by atoms with Gasteiger partial charge in [-0.25, -0.2) is 0 Å². The van der Waals surface area contributed by atoms with Gasteiger partial charge in [0.15, 0.2) is 0 Å². The highest BCUT2D eigenvalue weighted by Crippen LogP contribution is 2.57. The van der Waals surface area contributed by atoms with Crippen molar-refractivity contribution in [3.05, 3.63) is 0 Å². The lowest BCUT2D eigenvalue weighted by molar-refractivity contribution is -0.195. The quantitative estimate of drug-likeness (QED) is 0.311. The zero-order valence-corrected chi connectivity index (χ0v) is 38.2. The third kappa shape index (κ3) is 13.6. The third-order valence-corrected chi connectivity index (χ3v) is 14.2. The molecule has 8 nitrogen and oxygen atoms in total. The Balaban J connectivity index is 0.000000145. The molecule has 8 heteroatoms. The van der Waals surface area contributed by atoms with Crippen molar-refractivity contribution >= 4 is 0 Å². The Bertz CT molecular complexity index is 974. The molecule has 0 bridgehead atoms. The summed E-state index contributed by atoms with van der Waals surface area (Å²) in [5.41, 5.74) is 1.99. The number of hydrogen-bond donors (Lipinski definition) is 1. The summed E-state index contributed by atoms with van der Waals surface area (Å²) < 4.78 is 10.4. The van der Waals surface area contributed by atoms with Crippen LogP contribution in [0.25, 0.3) is 0 Å². The molecule has 0 aromatic carbocycles. The van der Waals surface area contributed by atoms with Crippen LogP contribution in [0.3, 0.4) is 0 Å². The van der Waals surface area contributed by atoms with Crippen LogP contribution < -0.4 is 5.32 Å². The van der Waals surface area contributed by atoms with Gasteiger partial charge in [-0.2, -0.15) is 0 Å². The zero-order valence-electron chi connectivity index (χ0n) is 38.2. The first kappa shape index (κ1) is 46.4. The summed E-state index contributed by atoms with van der Waals surface area (Å²) in [6.45, 7) is 49.0. The SMILES string of the molecule is CC(C)(C)C1C2CNCC21.CC(C)N1CC2(CCC2)C1.CC(C)N1CC2(COC2)C1.CC(C)N1CCC1.CC(C)N1CCCC1.CC(C)N1CCOCC1. The monoisotopic (exact) mass is 761 g/mol. The van der Waals surface area contributed by atoms with E-state index >= 15 is 0 Å². The Kier molecular flexibility index (Phi) is 18.1. The predicted molar refractivity (Wildman–Crippen MR) is 231 cm³/mol. The molecule has 0 radical (unpaired) electrons. The molecular weight excluding hydrogens is 669 g/mol. The van der Waals surface area contributed by atoms with Crippen molar-refractivity contribution in [1.29, 1.82) is 0 Å². The van der Waals surface area contributed by atoms with E-state index in [1.54, 1.807) is 0 Å². The van der Waals surface area contributed by atoms with Crippen LogP contribution in [0, 0.1) is 34.0 Å². The van der Waals surface area contributed by atoms with Gasteiger partial charge >= 0.3 is 0 Å². The molecule has 9 rings (SSSR count). The summed E-state index contributed by atoms with van der Waals surface area (Å²) >= 11 is 0. The van der Waals surface area contributed by atoms with Crippen LogP contribution in [-0.2, 0) is 9.47 Å². The lowest BCUT2D eigenvalue weighted by atomic mass is 9.63. The minimum Gasteiger partial charge on any atom is -0.380 e. The summed E-state index contributed by atoms with van der Waals surface area (Å²) in [6.07, 6.45) is 8.76. The number of likely N-dealkylation sites (tertiary alicyclic amines) is 4. The normalized spacial score (nSPS) is 29.8. The van der Waals surface area contributed by atoms with Gasteiger partial charge in [-0.3, -0.25) is 14.7 Å². The van der Waals surface area contributed by atoms with Crippen LogP contribution >= 0.6 is 0 Å². The van der Waals surface area contributed by atoms with Crippen LogP contribution in [0.1, 0.15) is 129 Å². The molecule has 2 aliphatic carbocycles. The number of fused-ring (bicyclic) bond motifs is 1. The molecule has 318 valence electrons. The number of piperidine rings is 1. The maximum atomic E-state index is 5.21. The molecule has 9 fully saturated rings. The van der Waals surface area contributed by atoms with E-state index in [2.05, 4.69) is 120 Å². The van der Waals surface area contributed by atoms with Crippen LogP contribution in [0.2, 0.25) is 0 Å². The largest absolute Gasteiger partial charge is 0.380 e. The van der Waals surface area contributed by atoms with Gasteiger partial charge in [-0.05, 0) is 169 Å². The number of nitrogens with zero attached hydrogens (tertiary/aromatic N) is 5. The fourth-order valence-electron chi connectivity index (χ4n) is 9.84. The summed E-state index contributed by atoms with van der Waals surface area (Å²) in [6, 6.07) is 3.76. The molecule has 2 unspecified atom stereocenters. The van der Waals surface area contributed by atoms with E-state index in [1.807, 2.05) is 0 Å². The van der Waals surface area contributed by atoms with Crippen LogP contribution in [0.15, 0.2) is 0 Å². The second kappa shape index (κ2) is 21.1. The lowest BCUT2D eigenvalue weighted by Gasteiger charge is -2.57. The molecule has 0 aromatic heterocycles. The average Bonchev–Trinajstić information content (AvgIpc) is 3.32. The van der Waals surface area contributed by atoms with E-state index in [9.17, 15) is 0 Å². The van der Waals surface area contributed by atoms with E-state index in [4.69, 9.17) is 9.47 Å². The summed E-state index contributed by atoms with van der Waals surface area (Å²) in [5, 5.41) is 3.42. The van der Waals surface area contributed by atoms with Crippen molar-refractivity contribution in [2.45, 2.75) is 159 Å². The molecule has 2 saturated carbocycles. The smallest absolute Gasteiger partial charge is 0.0594 e. The average molecular weight is 761 g/mol. The summed E-state index contributed by atoms with van der Waals surface area (Å²) in [4.78, 5) is 12.5. The predicted octanol–water partition coefficient (Wildman–Crippen LogP) is 7.42. The Hall–Kier alpha value is -0.320. The Morgan fingerprint density at radius 1 is 0.481 bits per heavy atom. The van der Waals surface area contributed by atoms with E-state index in [1.165, 1.54) is 104 Å². The van der Waals surface area contributed by atoms with Crippen molar-refractivity contribution in [3.63, 3.8) is 0 Å². The van der Waals surface area contributed by atoms with Crippen molar-refractivity contribution in [2.24, 2.45) is 34.0 Å². The van der Waals surface area contributed by atoms with Crippen molar-refractivity contribution in [3.8, 4) is 0 Å². The van der Waals surface area contributed by atoms with Crippen molar-refractivity contribution < 1.29 is 9.47 Å². The molecule has 0 amide bonds. The molecule has 0 aromatic rings. The molecule has 7 aliphatic heterocycles. The summed E-state index contributed by atoms with van der Waals surface area (Å²) in [5.74, 6) is 3.08. The number of rotatable bonds is 5. The Morgan fingerprint density at radius 3 is 1.11 bits per heavy atom. The Morgan fingerprint density at radius 2 is 0.870 bits per heavy atom. The fraction of sp³-hybridized carbons (Fsp3) is 1.00. The minimum absolute atomic E-state index is 0.567. The van der Waals surface area contributed by atoms with Crippen LogP contribution in [0.5, 0.6) is 0 Å². The maximum Gasteiger partial charge on any atom is 0.0594 e. The van der Waals surface area contributed by atoms with Gasteiger partial charge in [0, 0.05) is 74.9 Å². The second-order valence-electron chi connectivity index (χ2n) is 21.3. The molecule has 7 heterocycles. The third-order valence-electron chi connectivity index (χ3n) is 14.2. The second-order valence-corrected chi connectivity index (χ2v) is 21.3. The number of ether oxygens (including phenoxy) is 2. The van der Waals surface area contributed by atoms with Crippen LogP contribution in [-0.4, -0.2) is 160 Å². The van der Waals surface area contributed by atoms with E-state index in [0.717, 1.165) is 86.9 Å². The fourth-order valence-corrected chi connectivity index (χ4v) is 9.84. The summed E-state index contributed by atoms with van der Waals surface area (Å²) in [7, 11) is 0. The first-order valence-corrected chi connectivity index (χ1v) is 23.0. The molecule has 9 aliphatic rings. The molecular formula is C46H92N6O2. The molecule has 7 saturated heterocycles. The first-order chi connectivity index (χ1) is 25.5. The van der Waals surface area contributed by atoms with Gasteiger partial charge in [0.25, 0.3) is 0 Å². The topological polar surface area (TPSA) is 46.7 Å². The molecule has 1 N–H and O–H groups in total. The van der Waals surface area contributed by atoms with E-state index in [0.29, 0.717) is 16.9 Å². The molecule has 2 atom stereocenters. The van der Waals surface area contributed by atoms with Gasteiger partial charge < -0.3 is 24.6 Å². The van der Waals surface area contributed by atoms with Gasteiger partial charge in [-0.15, -0.1) is 0 Å². The van der Waals surface area contributed by atoms with E-state index < -0.39 is 0 Å². The standard InChI is InChI=1S/2C9H17N.C8H15NO.C7H15NO.C7H15N.C6H13N/c1-9(2,3)8-6-4-10-5-7(6)8;1-8(2)10-6-9(7-10)4-3-5-9;1-7(2)9-3-8(4-9)5-10-6-8;1-7(2)8-3-5-9-6-4-8;1-7(2)8-5-3-4-6-8;1-6(2)7-4-3-5-7/h6-8,10H,4-5H2,1-3H3;8H,3-7H2,1-2H3;7H,3-6H2,1-2H3;7H,3-6H2,1-2H3;7H,3-6H2,1-2H3;6H,3-5H2,1-2H3. The maximum absolute atomic E-state index is 5.21. The van der Waals surface area contributed by atoms with Gasteiger partial charge in [0.2, 0.25) is 0 Å². The molecule has 2 spiro atoms. The van der Waals surface area contributed by atoms with Gasteiger partial charge in [0.05, 0.1) is 26.4 Å². The number of nitrogens with one attached hydrogen (secondary N) is 1. The van der Waals surface area contributed by atoms with E-state index in [-0.39, 0.29) is 0 Å². The first-order valence-electron chi connectivity index (χ1n) is 23.0.